The van der Waals surface area contributed by atoms with E-state index in [1.54, 1.807) is 0 Å². The number of carbonyl (C=O) groups excluding carboxylic acids is 1. The lowest BCUT2D eigenvalue weighted by Gasteiger charge is -2.21. The molecule has 0 bridgehead atoms. The SMILES string of the molecule is Cc1cc(C(=O)N(CCC#N)C2CC2)ccc1Br. The van der Waals surface area contributed by atoms with Gasteiger partial charge in [0.05, 0.1) is 12.5 Å². The van der Waals surface area contributed by atoms with Gasteiger partial charge in [-0.1, -0.05) is 15.9 Å². The van der Waals surface area contributed by atoms with Gasteiger partial charge in [0, 0.05) is 22.6 Å². The van der Waals surface area contributed by atoms with E-state index in [0.29, 0.717) is 24.6 Å². The van der Waals surface area contributed by atoms with Crippen LogP contribution in [0, 0.1) is 18.3 Å². The maximum atomic E-state index is 12.4. The van der Waals surface area contributed by atoms with Gasteiger partial charge in [0.2, 0.25) is 0 Å². The first-order valence-corrected chi connectivity index (χ1v) is 6.87. The maximum Gasteiger partial charge on any atom is 0.254 e. The molecule has 0 N–H and O–H groups in total. The molecule has 2 rings (SSSR count). The van der Waals surface area contributed by atoms with Gasteiger partial charge in [-0.15, -0.1) is 0 Å². The van der Waals surface area contributed by atoms with Crippen LogP contribution in [0.2, 0.25) is 0 Å². The second-order valence-electron chi connectivity index (χ2n) is 4.60. The molecule has 1 aromatic carbocycles. The quantitative estimate of drug-likeness (QED) is 0.857. The molecule has 1 aromatic rings. The predicted molar refractivity (Wildman–Crippen MR) is 73.2 cm³/mol. The Hall–Kier alpha value is -1.34. The van der Waals surface area contributed by atoms with Gasteiger partial charge in [0.1, 0.15) is 0 Å². The third-order valence-electron chi connectivity index (χ3n) is 3.12. The highest BCUT2D eigenvalue weighted by Gasteiger charge is 2.32. The molecule has 0 saturated heterocycles. The van der Waals surface area contributed by atoms with Crippen LogP contribution in [0.4, 0.5) is 0 Å². The van der Waals surface area contributed by atoms with Crippen molar-refractivity contribution in [2.45, 2.75) is 32.2 Å². The lowest BCUT2D eigenvalue weighted by molar-refractivity contribution is 0.0746. The summed E-state index contributed by atoms with van der Waals surface area (Å²) in [5, 5.41) is 8.66. The van der Waals surface area contributed by atoms with Crippen LogP contribution < -0.4 is 0 Å². The summed E-state index contributed by atoms with van der Waals surface area (Å²) in [4.78, 5) is 14.2. The standard InChI is InChI=1S/C14H15BrN2O/c1-10-9-11(3-6-13(10)15)14(18)17(8-2-7-16)12-4-5-12/h3,6,9,12H,2,4-5,8H2,1H3. The molecule has 0 spiro atoms. The Labute approximate surface area is 116 Å². The average Bonchev–Trinajstić information content (AvgIpc) is 3.17. The third-order valence-corrected chi connectivity index (χ3v) is 4.01. The lowest BCUT2D eigenvalue weighted by Crippen LogP contribution is -2.33. The third kappa shape index (κ3) is 2.91. The predicted octanol–water partition coefficient (Wildman–Crippen LogP) is 3.28. The molecule has 3 nitrogen and oxygen atoms in total. The van der Waals surface area contributed by atoms with Crippen LogP contribution in [0.1, 0.15) is 35.2 Å². The van der Waals surface area contributed by atoms with Crippen molar-refractivity contribution in [2.75, 3.05) is 6.54 Å². The Morgan fingerprint density at radius 2 is 2.28 bits per heavy atom. The summed E-state index contributed by atoms with van der Waals surface area (Å²) in [5.41, 5.74) is 1.76. The second-order valence-corrected chi connectivity index (χ2v) is 5.46. The molecule has 1 fully saturated rings. The first-order valence-electron chi connectivity index (χ1n) is 6.07. The number of rotatable bonds is 4. The van der Waals surface area contributed by atoms with Gasteiger partial charge in [-0.2, -0.15) is 5.26 Å². The molecular formula is C14H15BrN2O. The van der Waals surface area contributed by atoms with Crippen LogP contribution in [0.5, 0.6) is 0 Å². The Bertz CT molecular complexity index is 503. The number of amides is 1. The monoisotopic (exact) mass is 306 g/mol. The van der Waals surface area contributed by atoms with E-state index in [4.69, 9.17) is 5.26 Å². The highest BCUT2D eigenvalue weighted by atomic mass is 79.9. The van der Waals surface area contributed by atoms with Crippen molar-refractivity contribution >= 4 is 21.8 Å². The summed E-state index contributed by atoms with van der Waals surface area (Å²) < 4.78 is 1.01. The molecule has 0 radical (unpaired) electrons. The summed E-state index contributed by atoms with van der Waals surface area (Å²) in [5.74, 6) is 0.0448. The summed E-state index contributed by atoms with van der Waals surface area (Å²) in [7, 11) is 0. The molecule has 0 heterocycles. The maximum absolute atomic E-state index is 12.4. The van der Waals surface area contributed by atoms with Crippen molar-refractivity contribution in [3.05, 3.63) is 33.8 Å². The fraction of sp³-hybridized carbons (Fsp3) is 0.429. The largest absolute Gasteiger partial charge is 0.335 e. The smallest absolute Gasteiger partial charge is 0.254 e. The molecule has 94 valence electrons. The van der Waals surface area contributed by atoms with E-state index < -0.39 is 0 Å². The number of hydrogen-bond donors (Lipinski definition) is 0. The molecule has 1 aliphatic rings. The van der Waals surface area contributed by atoms with E-state index in [1.165, 1.54) is 0 Å². The van der Waals surface area contributed by atoms with Gasteiger partial charge >= 0.3 is 0 Å². The van der Waals surface area contributed by atoms with E-state index >= 15 is 0 Å². The van der Waals surface area contributed by atoms with E-state index in [1.807, 2.05) is 30.0 Å². The van der Waals surface area contributed by atoms with E-state index in [-0.39, 0.29) is 5.91 Å². The van der Waals surface area contributed by atoms with Crippen molar-refractivity contribution in [1.82, 2.24) is 4.90 Å². The zero-order valence-corrected chi connectivity index (χ0v) is 11.9. The first-order chi connectivity index (χ1) is 8.63. The Morgan fingerprint density at radius 3 is 2.83 bits per heavy atom. The molecule has 0 aromatic heterocycles. The highest BCUT2D eigenvalue weighted by molar-refractivity contribution is 9.10. The van der Waals surface area contributed by atoms with Crippen molar-refractivity contribution in [3.63, 3.8) is 0 Å². The zero-order chi connectivity index (χ0) is 13.1. The second kappa shape index (κ2) is 5.53. The van der Waals surface area contributed by atoms with Gasteiger partial charge in [0.15, 0.2) is 0 Å². The van der Waals surface area contributed by atoms with Crippen molar-refractivity contribution in [2.24, 2.45) is 0 Å². The molecule has 1 saturated carbocycles. The van der Waals surface area contributed by atoms with E-state index in [9.17, 15) is 4.79 Å². The van der Waals surface area contributed by atoms with Crippen LogP contribution >= 0.6 is 15.9 Å². The topological polar surface area (TPSA) is 44.1 Å². The van der Waals surface area contributed by atoms with Crippen LogP contribution in [0.15, 0.2) is 22.7 Å². The number of halogens is 1. The summed E-state index contributed by atoms with van der Waals surface area (Å²) in [6.07, 6.45) is 2.52. The molecule has 1 amide bonds. The van der Waals surface area contributed by atoms with Crippen molar-refractivity contribution in [3.8, 4) is 6.07 Å². The normalized spacial score (nSPS) is 14.1. The molecule has 0 atom stereocenters. The van der Waals surface area contributed by atoms with Gasteiger partial charge in [-0.3, -0.25) is 4.79 Å². The zero-order valence-electron chi connectivity index (χ0n) is 10.3. The first kappa shape index (κ1) is 13.1. The summed E-state index contributed by atoms with van der Waals surface area (Å²) in [6, 6.07) is 8.08. The van der Waals surface area contributed by atoms with Crippen molar-refractivity contribution < 1.29 is 4.79 Å². The van der Waals surface area contributed by atoms with Gasteiger partial charge < -0.3 is 4.90 Å². The molecule has 0 unspecified atom stereocenters. The Balaban J connectivity index is 2.17. The fourth-order valence-electron chi connectivity index (χ4n) is 1.95. The van der Waals surface area contributed by atoms with Gasteiger partial charge in [0.25, 0.3) is 5.91 Å². The number of aryl methyl sites for hydroxylation is 1. The number of nitrogens with zero attached hydrogens (tertiary/aromatic N) is 2. The number of benzene rings is 1. The fourth-order valence-corrected chi connectivity index (χ4v) is 2.20. The molecule has 18 heavy (non-hydrogen) atoms. The Kier molecular flexibility index (Phi) is 4.03. The summed E-state index contributed by atoms with van der Waals surface area (Å²) >= 11 is 3.43. The number of carbonyl (C=O) groups is 1. The van der Waals surface area contributed by atoms with Crippen LogP contribution in [0.3, 0.4) is 0 Å². The van der Waals surface area contributed by atoms with Crippen LogP contribution in [-0.4, -0.2) is 23.4 Å². The summed E-state index contributed by atoms with van der Waals surface area (Å²) in [6.45, 7) is 2.51. The molecular weight excluding hydrogens is 292 g/mol. The van der Waals surface area contributed by atoms with E-state index in [2.05, 4.69) is 22.0 Å². The van der Waals surface area contributed by atoms with Gasteiger partial charge in [-0.25, -0.2) is 0 Å². The van der Waals surface area contributed by atoms with Crippen LogP contribution in [0.25, 0.3) is 0 Å². The molecule has 1 aliphatic carbocycles. The van der Waals surface area contributed by atoms with Crippen molar-refractivity contribution in [1.29, 1.82) is 5.26 Å². The minimum Gasteiger partial charge on any atom is -0.335 e. The van der Waals surface area contributed by atoms with Gasteiger partial charge in [-0.05, 0) is 43.5 Å². The average molecular weight is 307 g/mol. The number of hydrogen-bond acceptors (Lipinski definition) is 2. The lowest BCUT2D eigenvalue weighted by atomic mass is 10.1. The minimum atomic E-state index is 0.0448. The molecule has 0 aliphatic heterocycles. The van der Waals surface area contributed by atoms with E-state index in [0.717, 1.165) is 22.9 Å². The highest BCUT2D eigenvalue weighted by Crippen LogP contribution is 2.29. The molecule has 4 heteroatoms. The number of nitriles is 1. The minimum absolute atomic E-state index is 0.0448. The van der Waals surface area contributed by atoms with Crippen LogP contribution in [-0.2, 0) is 0 Å². The Morgan fingerprint density at radius 1 is 1.56 bits per heavy atom.